The summed E-state index contributed by atoms with van der Waals surface area (Å²) in [5, 5.41) is 3.49. The number of anilines is 1. The predicted molar refractivity (Wildman–Crippen MR) is 136 cm³/mol. The fourth-order valence-corrected chi connectivity index (χ4v) is 7.37. The van der Waals surface area contributed by atoms with Gasteiger partial charge in [-0.3, -0.25) is 4.57 Å². The third-order valence-electron chi connectivity index (χ3n) is 6.83. The van der Waals surface area contributed by atoms with E-state index in [4.69, 9.17) is 18.5 Å². The van der Waals surface area contributed by atoms with E-state index in [0.717, 1.165) is 62.6 Å². The van der Waals surface area contributed by atoms with E-state index >= 15 is 0 Å². The normalized spacial score (nSPS) is 18.9. The van der Waals surface area contributed by atoms with Crippen molar-refractivity contribution < 1.29 is 23.1 Å². The van der Waals surface area contributed by atoms with Gasteiger partial charge in [0.2, 0.25) is 0 Å². The zero-order valence-corrected chi connectivity index (χ0v) is 21.3. The van der Waals surface area contributed by atoms with Crippen LogP contribution in [-0.2, 0) is 13.6 Å². The summed E-state index contributed by atoms with van der Waals surface area (Å²) in [6.07, 6.45) is 10.3. The van der Waals surface area contributed by atoms with E-state index in [-0.39, 0.29) is 12.2 Å². The molecule has 0 aromatic heterocycles. The maximum absolute atomic E-state index is 14.9. The standard InChI is InChI=1S/C27H38NO5P/c1-30-24-18-19-25(26(20-24)31-2)27(28-21-12-6-3-7-13-21)34(29,32-22-14-8-4-9-15-22)33-23-16-10-5-11-17-23/h3,6-7,12-13,18-20,22-23,27-28H,4-5,8-11,14-17H2,1-2H3. The number of benzene rings is 2. The smallest absolute Gasteiger partial charge is 0.357 e. The molecule has 0 radical (unpaired) electrons. The van der Waals surface area contributed by atoms with E-state index in [1.807, 2.05) is 48.5 Å². The van der Waals surface area contributed by atoms with Crippen LogP contribution < -0.4 is 14.8 Å². The Morgan fingerprint density at radius 3 is 1.91 bits per heavy atom. The van der Waals surface area contributed by atoms with Crippen molar-refractivity contribution in [3.63, 3.8) is 0 Å². The summed E-state index contributed by atoms with van der Waals surface area (Å²) in [7, 11) is -0.409. The first-order valence-electron chi connectivity index (χ1n) is 12.6. The van der Waals surface area contributed by atoms with Gasteiger partial charge in [-0.2, -0.15) is 0 Å². The van der Waals surface area contributed by atoms with Crippen molar-refractivity contribution in [3.8, 4) is 11.5 Å². The van der Waals surface area contributed by atoms with Crippen LogP contribution in [0.2, 0.25) is 0 Å². The minimum absolute atomic E-state index is 0.0625. The third kappa shape index (κ3) is 6.35. The lowest BCUT2D eigenvalue weighted by molar-refractivity contribution is 0.0757. The molecule has 1 N–H and O–H groups in total. The molecule has 0 heterocycles. The molecular weight excluding hydrogens is 449 g/mol. The average molecular weight is 488 g/mol. The maximum Gasteiger partial charge on any atom is 0.357 e. The molecule has 2 fully saturated rings. The van der Waals surface area contributed by atoms with Gasteiger partial charge in [-0.05, 0) is 49.9 Å². The van der Waals surface area contributed by atoms with Crippen LogP contribution in [-0.4, -0.2) is 26.4 Å². The molecule has 0 amide bonds. The van der Waals surface area contributed by atoms with Gasteiger partial charge in [0, 0.05) is 17.3 Å². The number of hydrogen-bond acceptors (Lipinski definition) is 6. The lowest BCUT2D eigenvalue weighted by Crippen LogP contribution is -2.25. The van der Waals surface area contributed by atoms with Crippen LogP contribution in [0.15, 0.2) is 48.5 Å². The first-order chi connectivity index (χ1) is 16.6. The predicted octanol–water partition coefficient (Wildman–Crippen LogP) is 7.71. The summed E-state index contributed by atoms with van der Waals surface area (Å²) >= 11 is 0. The summed E-state index contributed by atoms with van der Waals surface area (Å²) in [5.41, 5.74) is 1.59. The van der Waals surface area contributed by atoms with Gasteiger partial charge in [0.05, 0.1) is 26.4 Å². The Balaban J connectivity index is 1.75. The first-order valence-corrected chi connectivity index (χ1v) is 14.2. The fourth-order valence-electron chi connectivity index (χ4n) is 4.97. The minimum atomic E-state index is -3.65. The van der Waals surface area contributed by atoms with E-state index in [0.29, 0.717) is 11.5 Å². The van der Waals surface area contributed by atoms with Crippen LogP contribution in [0.5, 0.6) is 11.5 Å². The van der Waals surface area contributed by atoms with Crippen LogP contribution >= 0.6 is 7.60 Å². The quantitative estimate of drug-likeness (QED) is 0.346. The Hall–Kier alpha value is -2.01. The van der Waals surface area contributed by atoms with Crippen LogP contribution in [0.1, 0.15) is 75.6 Å². The van der Waals surface area contributed by atoms with E-state index in [1.165, 1.54) is 12.8 Å². The van der Waals surface area contributed by atoms with Crippen LogP contribution in [0, 0.1) is 0 Å². The fraction of sp³-hybridized carbons (Fsp3) is 0.556. The second-order valence-electron chi connectivity index (χ2n) is 9.29. The van der Waals surface area contributed by atoms with Crippen molar-refractivity contribution in [3.05, 3.63) is 54.1 Å². The molecule has 7 heteroatoms. The topological polar surface area (TPSA) is 66.0 Å². The zero-order chi connectivity index (χ0) is 23.8. The average Bonchev–Trinajstić information content (AvgIpc) is 2.88. The van der Waals surface area contributed by atoms with Crippen LogP contribution in [0.4, 0.5) is 5.69 Å². The van der Waals surface area contributed by atoms with E-state index in [9.17, 15) is 4.57 Å². The molecule has 34 heavy (non-hydrogen) atoms. The molecule has 0 saturated heterocycles. The SMILES string of the molecule is COc1ccc(C(Nc2ccccc2)P(=O)(OC2CCCCC2)OC2CCCCC2)c(OC)c1. The minimum Gasteiger partial charge on any atom is -0.497 e. The second kappa shape index (κ2) is 12.1. The van der Waals surface area contributed by atoms with E-state index < -0.39 is 13.4 Å². The Labute approximate surface area is 203 Å². The van der Waals surface area contributed by atoms with Gasteiger partial charge in [-0.15, -0.1) is 0 Å². The summed E-state index contributed by atoms with van der Waals surface area (Å²) in [5.74, 6) is 0.558. The zero-order valence-electron chi connectivity index (χ0n) is 20.4. The Kier molecular flexibility index (Phi) is 8.93. The molecule has 1 atom stereocenters. The van der Waals surface area contributed by atoms with Gasteiger partial charge in [0.15, 0.2) is 5.78 Å². The summed E-state index contributed by atoms with van der Waals surface area (Å²) in [6, 6.07) is 15.4. The maximum atomic E-state index is 14.9. The molecule has 0 spiro atoms. The van der Waals surface area contributed by atoms with Crippen molar-refractivity contribution in [1.29, 1.82) is 0 Å². The number of hydrogen-bond donors (Lipinski definition) is 1. The monoisotopic (exact) mass is 487 g/mol. The summed E-state index contributed by atoms with van der Waals surface area (Å²) < 4.78 is 39.0. The van der Waals surface area contributed by atoms with Gasteiger partial charge < -0.3 is 23.8 Å². The highest BCUT2D eigenvalue weighted by molar-refractivity contribution is 7.54. The number of ether oxygens (including phenoxy) is 2. The molecule has 6 nitrogen and oxygen atoms in total. The molecule has 2 aromatic rings. The molecule has 0 aliphatic heterocycles. The van der Waals surface area contributed by atoms with Gasteiger partial charge in [0.1, 0.15) is 11.5 Å². The molecule has 2 aromatic carbocycles. The highest BCUT2D eigenvalue weighted by Gasteiger charge is 2.43. The van der Waals surface area contributed by atoms with Crippen molar-refractivity contribution in [2.45, 2.75) is 82.2 Å². The van der Waals surface area contributed by atoms with Gasteiger partial charge in [-0.25, -0.2) is 0 Å². The van der Waals surface area contributed by atoms with Crippen molar-refractivity contribution >= 4 is 13.3 Å². The molecule has 1 unspecified atom stereocenters. The van der Waals surface area contributed by atoms with Crippen molar-refractivity contribution in [2.24, 2.45) is 0 Å². The highest BCUT2D eigenvalue weighted by Crippen LogP contribution is 2.65. The van der Waals surface area contributed by atoms with Crippen LogP contribution in [0.3, 0.4) is 0 Å². The van der Waals surface area contributed by atoms with Gasteiger partial charge in [0.25, 0.3) is 0 Å². The largest absolute Gasteiger partial charge is 0.497 e. The van der Waals surface area contributed by atoms with E-state index in [2.05, 4.69) is 5.32 Å². The molecule has 186 valence electrons. The number of rotatable bonds is 10. The Bertz CT molecular complexity index is 917. The molecule has 0 bridgehead atoms. The molecule has 2 aliphatic carbocycles. The van der Waals surface area contributed by atoms with Gasteiger partial charge >= 0.3 is 7.60 Å². The third-order valence-corrected chi connectivity index (χ3v) is 9.05. The van der Waals surface area contributed by atoms with Crippen LogP contribution in [0.25, 0.3) is 0 Å². The Morgan fingerprint density at radius 1 is 0.794 bits per heavy atom. The van der Waals surface area contributed by atoms with E-state index in [1.54, 1.807) is 14.2 Å². The lowest BCUT2D eigenvalue weighted by Gasteiger charge is -2.36. The first kappa shape index (κ1) is 25.1. The molecule has 2 saturated carbocycles. The van der Waals surface area contributed by atoms with Crippen molar-refractivity contribution in [1.82, 2.24) is 0 Å². The summed E-state index contributed by atoms with van der Waals surface area (Å²) in [4.78, 5) is 0. The second-order valence-corrected chi connectivity index (χ2v) is 11.3. The molecule has 2 aliphatic rings. The lowest BCUT2D eigenvalue weighted by atomic mass is 9.98. The van der Waals surface area contributed by atoms with Crippen molar-refractivity contribution in [2.75, 3.05) is 19.5 Å². The summed E-state index contributed by atoms with van der Waals surface area (Å²) in [6.45, 7) is 0. The van der Waals surface area contributed by atoms with Gasteiger partial charge in [-0.1, -0.05) is 56.7 Å². The highest BCUT2D eigenvalue weighted by atomic mass is 31.2. The molecular formula is C27H38NO5P. The number of para-hydroxylation sites is 1. The number of nitrogens with one attached hydrogen (secondary N) is 1. The molecule has 4 rings (SSSR count). The number of methoxy groups -OCH3 is 2. The Morgan fingerprint density at radius 2 is 1.38 bits per heavy atom.